The maximum absolute atomic E-state index is 12.1. The van der Waals surface area contributed by atoms with Crippen LogP contribution in [0.5, 0.6) is 0 Å². The molecule has 0 aromatic heterocycles. The molecule has 0 unspecified atom stereocenters. The van der Waals surface area contributed by atoms with Gasteiger partial charge in [-0.3, -0.25) is 0 Å². The Morgan fingerprint density at radius 2 is 1.19 bits per heavy atom. The third-order valence-electron chi connectivity index (χ3n) is 4.70. The van der Waals surface area contributed by atoms with E-state index in [1.165, 1.54) is 0 Å². The van der Waals surface area contributed by atoms with Crippen LogP contribution in [0.3, 0.4) is 0 Å². The Morgan fingerprint density at radius 3 is 1.67 bits per heavy atom. The first-order valence-corrected chi connectivity index (χ1v) is 12.8. The molecule has 0 aliphatic carbocycles. The fourth-order valence-corrected chi connectivity index (χ4v) is 4.80. The molecular weight excluding hydrogens is 348 g/mol. The van der Waals surface area contributed by atoms with Crippen LogP contribution < -0.4 is 0 Å². The fraction of sp³-hybridized carbons (Fsp3) is 0.250. The van der Waals surface area contributed by atoms with Crippen molar-refractivity contribution in [1.82, 2.24) is 0 Å². The van der Waals surface area contributed by atoms with E-state index in [1.807, 2.05) is 78.9 Å². The number of rotatable bonds is 6. The topological polar surface area (TPSA) is 29.5 Å². The van der Waals surface area contributed by atoms with Gasteiger partial charge < -0.3 is 9.53 Å². The van der Waals surface area contributed by atoms with Gasteiger partial charge in [-0.2, -0.15) is 0 Å². The Labute approximate surface area is 163 Å². The highest BCUT2D eigenvalue weighted by molar-refractivity contribution is 6.69. The van der Waals surface area contributed by atoms with Gasteiger partial charge in [0.1, 0.15) is 5.60 Å². The first-order valence-electron chi connectivity index (χ1n) is 9.43. The molecule has 3 rings (SSSR count). The van der Waals surface area contributed by atoms with E-state index in [4.69, 9.17) is 4.43 Å². The first-order chi connectivity index (χ1) is 12.8. The molecule has 2 nitrogen and oxygen atoms in total. The molecule has 1 atom stereocenters. The highest BCUT2D eigenvalue weighted by atomic mass is 28.4. The van der Waals surface area contributed by atoms with E-state index in [-0.39, 0.29) is 6.10 Å². The minimum atomic E-state index is -1.73. The van der Waals surface area contributed by atoms with Gasteiger partial charge in [-0.1, -0.05) is 84.9 Å². The molecule has 0 saturated heterocycles. The summed E-state index contributed by atoms with van der Waals surface area (Å²) in [5.74, 6) is 0. The van der Waals surface area contributed by atoms with Gasteiger partial charge in [0.25, 0.3) is 0 Å². The van der Waals surface area contributed by atoms with Crippen molar-refractivity contribution in [3.8, 4) is 0 Å². The summed E-state index contributed by atoms with van der Waals surface area (Å²) in [6.45, 7) is 8.64. The maximum atomic E-state index is 12.1. The monoisotopic (exact) mass is 376 g/mol. The van der Waals surface area contributed by atoms with Crippen LogP contribution in [0.15, 0.2) is 84.9 Å². The second-order valence-corrected chi connectivity index (χ2v) is 12.4. The molecule has 0 radical (unpaired) electrons. The number of hydrogen-bond acceptors (Lipinski definition) is 2. The van der Waals surface area contributed by atoms with Crippen molar-refractivity contribution in [2.75, 3.05) is 0 Å². The molecule has 0 amide bonds. The highest BCUT2D eigenvalue weighted by Crippen LogP contribution is 2.40. The number of aliphatic hydroxyl groups is 1. The zero-order valence-corrected chi connectivity index (χ0v) is 17.5. The average Bonchev–Trinajstić information content (AvgIpc) is 2.67. The number of benzene rings is 3. The Balaban J connectivity index is 2.21. The van der Waals surface area contributed by atoms with Gasteiger partial charge >= 0.3 is 0 Å². The normalized spacial score (nSPS) is 13.4. The summed E-state index contributed by atoms with van der Waals surface area (Å²) in [7, 11) is -1.73. The minimum Gasteiger partial charge on any atom is -0.411 e. The van der Waals surface area contributed by atoms with E-state index < -0.39 is 13.9 Å². The zero-order chi connectivity index (χ0) is 19.5. The molecule has 27 heavy (non-hydrogen) atoms. The van der Waals surface area contributed by atoms with Crippen molar-refractivity contribution in [2.24, 2.45) is 0 Å². The molecule has 0 heterocycles. The van der Waals surface area contributed by atoms with Crippen LogP contribution >= 0.6 is 0 Å². The lowest BCUT2D eigenvalue weighted by atomic mass is 9.77. The summed E-state index contributed by atoms with van der Waals surface area (Å²) in [6.07, 6.45) is -0.0909. The van der Waals surface area contributed by atoms with Crippen molar-refractivity contribution in [3.05, 3.63) is 107 Å². The summed E-state index contributed by atoms with van der Waals surface area (Å²) in [5, 5.41) is 12.1. The zero-order valence-electron chi connectivity index (χ0n) is 16.5. The van der Waals surface area contributed by atoms with E-state index in [0.29, 0.717) is 0 Å². The SMILES string of the molecule is C[C@@H](O[Si](C)(C)C)c1ccccc1C(O)(c1ccccc1)c1ccccc1. The Kier molecular flexibility index (Phi) is 5.66. The van der Waals surface area contributed by atoms with Gasteiger partial charge in [0.15, 0.2) is 8.32 Å². The summed E-state index contributed by atoms with van der Waals surface area (Å²) < 4.78 is 6.36. The van der Waals surface area contributed by atoms with Crippen LogP contribution in [0.2, 0.25) is 19.6 Å². The molecular formula is C24H28O2Si. The molecule has 0 aliphatic rings. The van der Waals surface area contributed by atoms with Gasteiger partial charge in [0.05, 0.1) is 6.10 Å². The third-order valence-corrected chi connectivity index (χ3v) is 5.76. The molecule has 0 aliphatic heterocycles. The van der Waals surface area contributed by atoms with Crippen molar-refractivity contribution in [1.29, 1.82) is 0 Å². The first kappa shape index (κ1) is 19.6. The van der Waals surface area contributed by atoms with E-state index >= 15 is 0 Å². The number of hydrogen-bond donors (Lipinski definition) is 1. The minimum absolute atomic E-state index is 0.0909. The molecule has 0 saturated carbocycles. The van der Waals surface area contributed by atoms with Crippen LogP contribution in [0.1, 0.15) is 35.3 Å². The molecule has 1 N–H and O–H groups in total. The van der Waals surface area contributed by atoms with Crippen molar-refractivity contribution in [2.45, 2.75) is 38.3 Å². The summed E-state index contributed by atoms with van der Waals surface area (Å²) in [4.78, 5) is 0. The molecule has 3 aromatic rings. The van der Waals surface area contributed by atoms with E-state index in [2.05, 4.69) is 32.6 Å². The van der Waals surface area contributed by atoms with Gasteiger partial charge in [-0.25, -0.2) is 0 Å². The highest BCUT2D eigenvalue weighted by Gasteiger charge is 2.36. The summed E-state index contributed by atoms with van der Waals surface area (Å²) >= 11 is 0. The van der Waals surface area contributed by atoms with Gasteiger partial charge in [-0.15, -0.1) is 0 Å². The van der Waals surface area contributed by atoms with Crippen molar-refractivity contribution < 1.29 is 9.53 Å². The summed E-state index contributed by atoms with van der Waals surface area (Å²) in [5.41, 5.74) is 2.35. The Hall–Kier alpha value is -2.20. The third kappa shape index (κ3) is 4.21. The van der Waals surface area contributed by atoms with Crippen LogP contribution in [0.4, 0.5) is 0 Å². The lowest BCUT2D eigenvalue weighted by Gasteiger charge is -2.34. The summed E-state index contributed by atoms with van der Waals surface area (Å²) in [6, 6.07) is 27.8. The van der Waals surface area contributed by atoms with E-state index in [0.717, 1.165) is 22.3 Å². The lowest BCUT2D eigenvalue weighted by Crippen LogP contribution is -2.32. The molecule has 140 valence electrons. The van der Waals surface area contributed by atoms with Crippen molar-refractivity contribution in [3.63, 3.8) is 0 Å². The second kappa shape index (κ2) is 7.81. The standard InChI is InChI=1S/C24H28O2Si/c1-19(26-27(2,3)4)22-17-11-12-18-23(22)24(25,20-13-7-5-8-14-20)21-15-9-6-10-16-21/h5-19,25H,1-4H3/t19-/m1/s1. The van der Waals surface area contributed by atoms with E-state index in [1.54, 1.807) is 0 Å². The molecule has 0 bridgehead atoms. The van der Waals surface area contributed by atoms with Gasteiger partial charge in [0, 0.05) is 0 Å². The predicted molar refractivity (Wildman–Crippen MR) is 114 cm³/mol. The van der Waals surface area contributed by atoms with Gasteiger partial charge in [-0.05, 0) is 48.8 Å². The molecule has 0 fully saturated rings. The van der Waals surface area contributed by atoms with Gasteiger partial charge in [0.2, 0.25) is 0 Å². The average molecular weight is 377 g/mol. The Bertz CT molecular complexity index is 830. The smallest absolute Gasteiger partial charge is 0.184 e. The lowest BCUT2D eigenvalue weighted by molar-refractivity contribution is 0.120. The van der Waals surface area contributed by atoms with Crippen LogP contribution in [0.25, 0.3) is 0 Å². The fourth-order valence-electron chi connectivity index (χ4n) is 3.61. The second-order valence-electron chi connectivity index (χ2n) is 7.90. The maximum Gasteiger partial charge on any atom is 0.184 e. The van der Waals surface area contributed by atoms with Crippen LogP contribution in [-0.2, 0) is 10.0 Å². The van der Waals surface area contributed by atoms with E-state index in [9.17, 15) is 5.11 Å². The quantitative estimate of drug-likeness (QED) is 0.430. The van der Waals surface area contributed by atoms with Crippen LogP contribution in [0, 0.1) is 0 Å². The van der Waals surface area contributed by atoms with Crippen molar-refractivity contribution >= 4 is 8.32 Å². The molecule has 3 aromatic carbocycles. The predicted octanol–water partition coefficient (Wildman–Crippen LogP) is 5.88. The largest absolute Gasteiger partial charge is 0.411 e. The molecule has 0 spiro atoms. The van der Waals surface area contributed by atoms with Crippen LogP contribution in [-0.4, -0.2) is 13.4 Å². The molecule has 3 heteroatoms. The Morgan fingerprint density at radius 1 is 0.741 bits per heavy atom.